The lowest BCUT2D eigenvalue weighted by Crippen LogP contribution is -2.27. The van der Waals surface area contributed by atoms with E-state index in [2.05, 4.69) is 22.9 Å². The van der Waals surface area contributed by atoms with Gasteiger partial charge < -0.3 is 10.6 Å². The van der Waals surface area contributed by atoms with Crippen LogP contribution in [0.15, 0.2) is 18.3 Å². The van der Waals surface area contributed by atoms with Gasteiger partial charge in [-0.15, -0.1) is 0 Å². The molecule has 1 saturated carbocycles. The smallest absolute Gasteiger partial charge is 0.128 e. The highest BCUT2D eigenvalue weighted by Gasteiger charge is 2.24. The summed E-state index contributed by atoms with van der Waals surface area (Å²) in [6, 6.07) is 4.11. The van der Waals surface area contributed by atoms with Crippen LogP contribution in [0.25, 0.3) is 0 Å². The second kappa shape index (κ2) is 5.30. The molecule has 1 aliphatic rings. The van der Waals surface area contributed by atoms with Crippen LogP contribution in [0, 0.1) is 5.92 Å². The summed E-state index contributed by atoms with van der Waals surface area (Å²) in [4.78, 5) is 6.86. The fourth-order valence-corrected chi connectivity index (χ4v) is 1.94. The van der Waals surface area contributed by atoms with Crippen molar-refractivity contribution in [3.63, 3.8) is 0 Å². The van der Waals surface area contributed by atoms with E-state index in [0.29, 0.717) is 6.54 Å². The van der Waals surface area contributed by atoms with Gasteiger partial charge in [-0.2, -0.15) is 0 Å². The molecular formula is C13H21N3. The molecule has 2 rings (SSSR count). The van der Waals surface area contributed by atoms with Gasteiger partial charge in [0, 0.05) is 25.8 Å². The maximum absolute atomic E-state index is 5.66. The van der Waals surface area contributed by atoms with Crippen LogP contribution >= 0.6 is 0 Å². The van der Waals surface area contributed by atoms with Crippen molar-refractivity contribution in [1.82, 2.24) is 4.98 Å². The first kappa shape index (κ1) is 11.4. The third-order valence-corrected chi connectivity index (χ3v) is 3.04. The Labute approximate surface area is 97.7 Å². The van der Waals surface area contributed by atoms with Gasteiger partial charge in [0.25, 0.3) is 0 Å². The zero-order valence-electron chi connectivity index (χ0n) is 10.0. The lowest BCUT2D eigenvalue weighted by atomic mass is 10.2. The number of aromatic nitrogens is 1. The summed E-state index contributed by atoms with van der Waals surface area (Å²) in [5.41, 5.74) is 6.83. The molecular weight excluding hydrogens is 198 g/mol. The van der Waals surface area contributed by atoms with Gasteiger partial charge in [0.1, 0.15) is 5.82 Å². The fraction of sp³-hybridized carbons (Fsp3) is 0.615. The summed E-state index contributed by atoms with van der Waals surface area (Å²) in [6.07, 6.45) is 5.81. The van der Waals surface area contributed by atoms with Crippen molar-refractivity contribution < 1.29 is 0 Å². The number of nitrogens with two attached hydrogens (primary N) is 1. The topological polar surface area (TPSA) is 42.1 Å². The Morgan fingerprint density at radius 2 is 2.31 bits per heavy atom. The summed E-state index contributed by atoms with van der Waals surface area (Å²) < 4.78 is 0. The normalized spacial score (nSPS) is 15.1. The van der Waals surface area contributed by atoms with E-state index in [1.54, 1.807) is 0 Å². The van der Waals surface area contributed by atoms with E-state index in [0.717, 1.165) is 24.8 Å². The Morgan fingerprint density at radius 1 is 1.50 bits per heavy atom. The van der Waals surface area contributed by atoms with Gasteiger partial charge in [-0.3, -0.25) is 0 Å². The maximum atomic E-state index is 5.66. The van der Waals surface area contributed by atoms with Gasteiger partial charge in [-0.25, -0.2) is 4.98 Å². The summed E-state index contributed by atoms with van der Waals surface area (Å²) in [5.74, 6) is 1.99. The van der Waals surface area contributed by atoms with Crippen molar-refractivity contribution in [2.24, 2.45) is 11.7 Å². The van der Waals surface area contributed by atoms with Gasteiger partial charge in [0.2, 0.25) is 0 Å². The molecule has 16 heavy (non-hydrogen) atoms. The Balaban J connectivity index is 2.08. The predicted octanol–water partition coefficient (Wildman–Crippen LogP) is 2.17. The second-order valence-corrected chi connectivity index (χ2v) is 4.62. The van der Waals surface area contributed by atoms with E-state index >= 15 is 0 Å². The minimum absolute atomic E-state index is 0.596. The molecule has 0 unspecified atom stereocenters. The number of hydrogen-bond acceptors (Lipinski definition) is 3. The lowest BCUT2D eigenvalue weighted by Gasteiger charge is -2.23. The Bertz CT molecular complexity index is 334. The second-order valence-electron chi connectivity index (χ2n) is 4.62. The van der Waals surface area contributed by atoms with Crippen LogP contribution in [0.4, 0.5) is 5.82 Å². The Hall–Kier alpha value is -1.09. The molecule has 1 aliphatic carbocycles. The molecule has 1 heterocycles. The predicted molar refractivity (Wildman–Crippen MR) is 67.4 cm³/mol. The molecule has 0 bridgehead atoms. The zero-order valence-corrected chi connectivity index (χ0v) is 10.0. The molecule has 1 fully saturated rings. The first-order valence-corrected chi connectivity index (χ1v) is 6.23. The van der Waals surface area contributed by atoms with Crippen LogP contribution in [0.3, 0.4) is 0 Å². The summed E-state index contributed by atoms with van der Waals surface area (Å²) in [7, 11) is 0. The molecule has 0 amide bonds. The van der Waals surface area contributed by atoms with Crippen LogP contribution < -0.4 is 10.6 Å². The van der Waals surface area contributed by atoms with Crippen LogP contribution in [-0.2, 0) is 6.54 Å². The summed E-state index contributed by atoms with van der Waals surface area (Å²) >= 11 is 0. The molecule has 0 radical (unpaired) electrons. The fourth-order valence-electron chi connectivity index (χ4n) is 1.94. The van der Waals surface area contributed by atoms with Gasteiger partial charge in [-0.05, 0) is 42.9 Å². The molecule has 2 N–H and O–H groups in total. The quantitative estimate of drug-likeness (QED) is 0.797. The van der Waals surface area contributed by atoms with Crippen molar-refractivity contribution in [3.8, 4) is 0 Å². The van der Waals surface area contributed by atoms with Gasteiger partial charge in [0.15, 0.2) is 0 Å². The minimum atomic E-state index is 0.596. The summed E-state index contributed by atoms with van der Waals surface area (Å²) in [5, 5.41) is 0. The standard InChI is InChI=1S/C13H21N3/c1-2-7-16(10-11-3-4-11)13-8-12(9-14)5-6-15-13/h5-6,8,11H,2-4,7,9-10,14H2,1H3. The molecule has 0 aromatic carbocycles. The zero-order chi connectivity index (χ0) is 11.4. The Kier molecular flexibility index (Phi) is 3.78. The average molecular weight is 219 g/mol. The minimum Gasteiger partial charge on any atom is -0.356 e. The summed E-state index contributed by atoms with van der Waals surface area (Å²) in [6.45, 7) is 5.07. The third kappa shape index (κ3) is 2.95. The van der Waals surface area contributed by atoms with Crippen LogP contribution in [0.1, 0.15) is 31.7 Å². The SMILES string of the molecule is CCCN(CC1CC1)c1cc(CN)ccn1. The van der Waals surface area contributed by atoms with Crippen LogP contribution in [0.5, 0.6) is 0 Å². The molecule has 1 aromatic rings. The number of hydrogen-bond donors (Lipinski definition) is 1. The first-order valence-electron chi connectivity index (χ1n) is 6.23. The number of nitrogens with zero attached hydrogens (tertiary/aromatic N) is 2. The highest BCUT2D eigenvalue weighted by atomic mass is 15.2. The first-order chi connectivity index (χ1) is 7.83. The Morgan fingerprint density at radius 3 is 2.94 bits per heavy atom. The van der Waals surface area contributed by atoms with E-state index < -0.39 is 0 Å². The molecule has 3 nitrogen and oxygen atoms in total. The molecule has 0 atom stereocenters. The highest BCUT2D eigenvalue weighted by molar-refractivity contribution is 5.41. The van der Waals surface area contributed by atoms with Gasteiger partial charge in [-0.1, -0.05) is 6.92 Å². The van der Waals surface area contributed by atoms with Gasteiger partial charge >= 0.3 is 0 Å². The van der Waals surface area contributed by atoms with E-state index in [9.17, 15) is 0 Å². The molecule has 88 valence electrons. The maximum Gasteiger partial charge on any atom is 0.128 e. The largest absolute Gasteiger partial charge is 0.356 e. The van der Waals surface area contributed by atoms with Crippen molar-refractivity contribution in [1.29, 1.82) is 0 Å². The van der Waals surface area contributed by atoms with Crippen molar-refractivity contribution in [2.75, 3.05) is 18.0 Å². The third-order valence-electron chi connectivity index (χ3n) is 3.04. The number of rotatable bonds is 6. The van der Waals surface area contributed by atoms with Crippen molar-refractivity contribution >= 4 is 5.82 Å². The lowest BCUT2D eigenvalue weighted by molar-refractivity contribution is 0.698. The molecule has 3 heteroatoms. The molecule has 0 aliphatic heterocycles. The highest BCUT2D eigenvalue weighted by Crippen LogP contribution is 2.31. The van der Waals surface area contributed by atoms with Gasteiger partial charge in [0.05, 0.1) is 0 Å². The van der Waals surface area contributed by atoms with E-state index in [1.165, 1.54) is 24.8 Å². The van der Waals surface area contributed by atoms with E-state index in [4.69, 9.17) is 5.73 Å². The molecule has 1 aromatic heterocycles. The average Bonchev–Trinajstić information content (AvgIpc) is 3.12. The van der Waals surface area contributed by atoms with Crippen LogP contribution in [-0.4, -0.2) is 18.1 Å². The molecule has 0 spiro atoms. The number of anilines is 1. The van der Waals surface area contributed by atoms with Crippen molar-refractivity contribution in [3.05, 3.63) is 23.9 Å². The van der Waals surface area contributed by atoms with Crippen molar-refractivity contribution in [2.45, 2.75) is 32.7 Å². The number of pyridine rings is 1. The van der Waals surface area contributed by atoms with E-state index in [1.807, 2.05) is 12.3 Å². The molecule has 0 saturated heterocycles. The monoisotopic (exact) mass is 219 g/mol. The van der Waals surface area contributed by atoms with Crippen LogP contribution in [0.2, 0.25) is 0 Å². The van der Waals surface area contributed by atoms with E-state index in [-0.39, 0.29) is 0 Å².